The summed E-state index contributed by atoms with van der Waals surface area (Å²) < 4.78 is 23.9. The molecule has 0 N–H and O–H groups in total. The van der Waals surface area contributed by atoms with E-state index in [-0.39, 0.29) is 50.8 Å². The Morgan fingerprint density at radius 3 is 1.45 bits per heavy atom. The molecule has 2 atom stereocenters. The molecule has 6 heteroatoms. The first-order chi connectivity index (χ1) is 20.7. The molecule has 218 valence electrons. The van der Waals surface area contributed by atoms with Crippen molar-refractivity contribution in [1.29, 1.82) is 0 Å². The van der Waals surface area contributed by atoms with Gasteiger partial charge in [0.05, 0.1) is 39.1 Å². The van der Waals surface area contributed by atoms with Crippen LogP contribution in [0.3, 0.4) is 0 Å². The lowest BCUT2D eigenvalue weighted by atomic mass is 10.0. The van der Waals surface area contributed by atoms with Crippen molar-refractivity contribution < 1.29 is 28.5 Å². The topological polar surface area (TPSA) is 71.1 Å². The van der Waals surface area contributed by atoms with E-state index < -0.39 is 12.2 Å². The van der Waals surface area contributed by atoms with Gasteiger partial charge in [0, 0.05) is 12.8 Å². The largest absolute Gasteiger partial charge is 0.376 e. The Bertz CT molecular complexity index is 1310. The zero-order chi connectivity index (χ0) is 29.2. The maximum absolute atomic E-state index is 13.5. The number of carbonyl (C=O) groups is 2. The fraction of sp³-hybridized carbons (Fsp3) is 0.278. The van der Waals surface area contributed by atoms with Gasteiger partial charge in [0.15, 0.2) is 5.78 Å². The zero-order valence-electron chi connectivity index (χ0n) is 23.8. The average Bonchev–Trinajstić information content (AvgIpc) is 3.04. The molecule has 4 aromatic rings. The fourth-order valence-electron chi connectivity index (χ4n) is 4.40. The minimum absolute atomic E-state index is 0.0193. The van der Waals surface area contributed by atoms with Crippen LogP contribution in [0.4, 0.5) is 0 Å². The van der Waals surface area contributed by atoms with Gasteiger partial charge in [-0.25, -0.2) is 0 Å². The summed E-state index contributed by atoms with van der Waals surface area (Å²) in [5.41, 5.74) is 3.87. The van der Waals surface area contributed by atoms with Gasteiger partial charge in [-0.1, -0.05) is 121 Å². The average molecular weight is 567 g/mol. The number of benzene rings is 4. The molecule has 0 spiro atoms. The molecule has 4 rings (SSSR count). The van der Waals surface area contributed by atoms with Crippen molar-refractivity contribution >= 4 is 11.6 Å². The van der Waals surface area contributed by atoms with Gasteiger partial charge in [-0.3, -0.25) is 9.59 Å². The van der Waals surface area contributed by atoms with E-state index in [4.69, 9.17) is 18.9 Å². The van der Waals surface area contributed by atoms with Gasteiger partial charge in [-0.2, -0.15) is 0 Å². The van der Waals surface area contributed by atoms with Gasteiger partial charge in [0.2, 0.25) is 0 Å². The molecular weight excluding hydrogens is 528 g/mol. The maximum atomic E-state index is 13.5. The summed E-state index contributed by atoms with van der Waals surface area (Å²) in [4.78, 5) is 26.7. The van der Waals surface area contributed by atoms with Crippen LogP contribution in [0.2, 0.25) is 0 Å². The SMILES string of the molecule is O=C(CCOCc1ccccc1)C[C@H](OCc1ccccc1)[C@H](OCc1ccccc1)C(=O)COCc1ccccc1. The van der Waals surface area contributed by atoms with E-state index in [9.17, 15) is 9.59 Å². The predicted molar refractivity (Wildman–Crippen MR) is 161 cm³/mol. The number of ketones is 2. The third-order valence-corrected chi connectivity index (χ3v) is 6.66. The molecule has 0 bridgehead atoms. The number of carbonyl (C=O) groups excluding carboxylic acids is 2. The van der Waals surface area contributed by atoms with Crippen LogP contribution in [0.15, 0.2) is 121 Å². The van der Waals surface area contributed by atoms with Gasteiger partial charge in [0.25, 0.3) is 0 Å². The second-order valence-electron chi connectivity index (χ2n) is 10.0. The Hall–Kier alpha value is -3.94. The lowest BCUT2D eigenvalue weighted by Gasteiger charge is -2.26. The van der Waals surface area contributed by atoms with Crippen molar-refractivity contribution in [3.05, 3.63) is 144 Å². The highest BCUT2D eigenvalue weighted by Crippen LogP contribution is 2.18. The lowest BCUT2D eigenvalue weighted by molar-refractivity contribution is -0.152. The molecule has 0 radical (unpaired) electrons. The molecule has 4 aromatic carbocycles. The summed E-state index contributed by atoms with van der Waals surface area (Å²) in [6.07, 6.45) is -1.55. The molecule has 0 aliphatic rings. The minimum atomic E-state index is -0.987. The molecule has 0 unspecified atom stereocenters. The summed E-state index contributed by atoms with van der Waals surface area (Å²) in [5, 5.41) is 0. The third-order valence-electron chi connectivity index (χ3n) is 6.66. The van der Waals surface area contributed by atoms with Crippen LogP contribution in [-0.4, -0.2) is 37.0 Å². The summed E-state index contributed by atoms with van der Waals surface area (Å²) in [5.74, 6) is -0.333. The van der Waals surface area contributed by atoms with E-state index in [1.807, 2.05) is 121 Å². The van der Waals surface area contributed by atoms with Crippen molar-refractivity contribution in [3.63, 3.8) is 0 Å². The Labute approximate surface area is 248 Å². The van der Waals surface area contributed by atoms with E-state index >= 15 is 0 Å². The molecular formula is C36H38O6. The van der Waals surface area contributed by atoms with Crippen LogP contribution in [0.25, 0.3) is 0 Å². The van der Waals surface area contributed by atoms with Gasteiger partial charge >= 0.3 is 0 Å². The standard InChI is InChI=1S/C36H38O6/c37-33(21-22-39-24-29-13-5-1-6-14-29)23-35(41-26-31-17-9-3-10-18-31)36(42-27-32-19-11-4-12-20-32)34(38)28-40-25-30-15-7-2-8-16-30/h1-20,35-36H,21-28H2/t35-,36+/m0/s1. The van der Waals surface area contributed by atoms with Gasteiger partial charge < -0.3 is 18.9 Å². The summed E-state index contributed by atoms with van der Waals surface area (Å²) in [7, 11) is 0. The van der Waals surface area contributed by atoms with Gasteiger partial charge in [0.1, 0.15) is 18.5 Å². The third kappa shape index (κ3) is 11.1. The van der Waals surface area contributed by atoms with Gasteiger partial charge in [-0.05, 0) is 22.3 Å². The smallest absolute Gasteiger partial charge is 0.189 e. The van der Waals surface area contributed by atoms with Crippen LogP contribution in [0.1, 0.15) is 35.1 Å². The molecule has 6 nitrogen and oxygen atoms in total. The van der Waals surface area contributed by atoms with E-state index in [0.717, 1.165) is 22.3 Å². The second kappa shape index (κ2) is 17.8. The first kappa shape index (κ1) is 31.0. The van der Waals surface area contributed by atoms with Crippen LogP contribution in [0.5, 0.6) is 0 Å². The summed E-state index contributed by atoms with van der Waals surface area (Å²) >= 11 is 0. The number of Topliss-reactive ketones (excluding diaryl/α,β-unsaturated/α-hetero) is 2. The number of hydrogen-bond donors (Lipinski definition) is 0. The number of hydrogen-bond acceptors (Lipinski definition) is 6. The summed E-state index contributed by atoms with van der Waals surface area (Å²) in [6, 6.07) is 38.8. The zero-order valence-corrected chi connectivity index (χ0v) is 23.8. The maximum Gasteiger partial charge on any atom is 0.189 e. The normalized spacial score (nSPS) is 12.5. The van der Waals surface area contributed by atoms with Crippen LogP contribution in [-0.2, 0) is 55.0 Å². The molecule has 0 aliphatic carbocycles. The summed E-state index contributed by atoms with van der Waals surface area (Å²) in [6.45, 7) is 1.30. The first-order valence-corrected chi connectivity index (χ1v) is 14.3. The highest BCUT2D eigenvalue weighted by Gasteiger charge is 2.32. The van der Waals surface area contributed by atoms with Crippen molar-refractivity contribution in [3.8, 4) is 0 Å². The van der Waals surface area contributed by atoms with Gasteiger partial charge in [-0.15, -0.1) is 0 Å². The molecule has 0 aliphatic heterocycles. The molecule has 42 heavy (non-hydrogen) atoms. The quantitative estimate of drug-likeness (QED) is 0.121. The predicted octanol–water partition coefficient (Wildman–Crippen LogP) is 6.51. The molecule has 0 saturated heterocycles. The second-order valence-corrected chi connectivity index (χ2v) is 10.0. The Kier molecular flexibility index (Phi) is 13.1. The highest BCUT2D eigenvalue weighted by molar-refractivity contribution is 5.86. The molecule has 0 amide bonds. The fourth-order valence-corrected chi connectivity index (χ4v) is 4.40. The number of rotatable bonds is 19. The molecule has 0 heterocycles. The highest BCUT2D eigenvalue weighted by atomic mass is 16.5. The van der Waals surface area contributed by atoms with E-state index in [2.05, 4.69) is 0 Å². The van der Waals surface area contributed by atoms with Crippen molar-refractivity contribution in [2.45, 2.75) is 51.5 Å². The molecule has 0 saturated carbocycles. The first-order valence-electron chi connectivity index (χ1n) is 14.3. The van der Waals surface area contributed by atoms with Crippen molar-refractivity contribution in [1.82, 2.24) is 0 Å². The van der Waals surface area contributed by atoms with Crippen molar-refractivity contribution in [2.75, 3.05) is 13.2 Å². The van der Waals surface area contributed by atoms with E-state index in [1.54, 1.807) is 0 Å². The van der Waals surface area contributed by atoms with Crippen LogP contribution in [0, 0.1) is 0 Å². The Balaban J connectivity index is 1.42. The Morgan fingerprint density at radius 2 is 0.952 bits per heavy atom. The number of ether oxygens (including phenoxy) is 4. The Morgan fingerprint density at radius 1 is 0.524 bits per heavy atom. The lowest BCUT2D eigenvalue weighted by Crippen LogP contribution is -2.41. The van der Waals surface area contributed by atoms with Crippen molar-refractivity contribution in [2.24, 2.45) is 0 Å². The monoisotopic (exact) mass is 566 g/mol. The minimum Gasteiger partial charge on any atom is -0.376 e. The van der Waals surface area contributed by atoms with Crippen LogP contribution >= 0.6 is 0 Å². The molecule has 0 aromatic heterocycles. The van der Waals surface area contributed by atoms with Crippen LogP contribution < -0.4 is 0 Å². The molecule has 0 fully saturated rings. The van der Waals surface area contributed by atoms with E-state index in [0.29, 0.717) is 13.2 Å². The van der Waals surface area contributed by atoms with E-state index in [1.165, 1.54) is 0 Å².